The van der Waals surface area contributed by atoms with Gasteiger partial charge in [-0.05, 0) is 55.9 Å². The maximum Gasteiger partial charge on any atom is 0.252 e. The molecule has 0 atom stereocenters. The monoisotopic (exact) mass is 274 g/mol. The minimum Gasteiger partial charge on any atom is -0.334 e. The zero-order valence-corrected chi connectivity index (χ0v) is 11.7. The summed E-state index contributed by atoms with van der Waals surface area (Å²) in [6.45, 7) is 2.15. The van der Waals surface area contributed by atoms with E-state index in [0.29, 0.717) is 24.3 Å². The van der Waals surface area contributed by atoms with Gasteiger partial charge in [-0.15, -0.1) is 0 Å². The number of rotatable bonds is 3. The molecule has 0 spiro atoms. The van der Waals surface area contributed by atoms with Crippen molar-refractivity contribution >= 4 is 5.91 Å². The number of halogens is 1. The van der Waals surface area contributed by atoms with Gasteiger partial charge in [-0.2, -0.15) is 5.26 Å². The number of hydrogen-bond donors (Lipinski definition) is 1. The van der Waals surface area contributed by atoms with Crippen molar-refractivity contribution in [2.24, 2.45) is 5.92 Å². The van der Waals surface area contributed by atoms with Gasteiger partial charge >= 0.3 is 0 Å². The molecule has 3 nitrogen and oxygen atoms in total. The van der Waals surface area contributed by atoms with Gasteiger partial charge in [0.15, 0.2) is 0 Å². The van der Waals surface area contributed by atoms with E-state index in [0.717, 1.165) is 19.3 Å². The van der Waals surface area contributed by atoms with Crippen LogP contribution in [0.1, 0.15) is 49.4 Å². The largest absolute Gasteiger partial charge is 0.334 e. The van der Waals surface area contributed by atoms with Crippen molar-refractivity contribution in [2.45, 2.75) is 44.6 Å². The summed E-state index contributed by atoms with van der Waals surface area (Å²) in [5.41, 5.74) is -0.379. The van der Waals surface area contributed by atoms with Gasteiger partial charge in [-0.1, -0.05) is 13.3 Å². The van der Waals surface area contributed by atoms with Gasteiger partial charge in [0.25, 0.3) is 5.91 Å². The number of nitrogens with zero attached hydrogens (tertiary/aromatic N) is 1. The lowest BCUT2D eigenvalue weighted by molar-refractivity contribution is 0.0891. The van der Waals surface area contributed by atoms with Gasteiger partial charge < -0.3 is 5.32 Å². The minimum atomic E-state index is -0.767. The van der Waals surface area contributed by atoms with E-state index in [1.54, 1.807) is 0 Å². The molecule has 0 heterocycles. The highest BCUT2D eigenvalue weighted by Crippen LogP contribution is 2.33. The van der Waals surface area contributed by atoms with Crippen LogP contribution in [-0.4, -0.2) is 11.4 Å². The maximum absolute atomic E-state index is 12.8. The normalized spacial score (nSPS) is 25.8. The highest BCUT2D eigenvalue weighted by Gasteiger charge is 2.36. The summed E-state index contributed by atoms with van der Waals surface area (Å²) in [6, 6.07) is 7.65. The molecule has 2 rings (SSSR count). The van der Waals surface area contributed by atoms with Gasteiger partial charge in [0.05, 0.1) is 6.07 Å². The molecule has 0 bridgehead atoms. The Morgan fingerprint density at radius 3 is 2.50 bits per heavy atom. The molecule has 1 N–H and O–H groups in total. The van der Waals surface area contributed by atoms with Crippen molar-refractivity contribution in [3.05, 3.63) is 35.6 Å². The number of benzene rings is 1. The van der Waals surface area contributed by atoms with Crippen molar-refractivity contribution in [2.75, 3.05) is 0 Å². The van der Waals surface area contributed by atoms with Crippen LogP contribution in [0.2, 0.25) is 0 Å². The molecule has 1 fully saturated rings. The summed E-state index contributed by atoms with van der Waals surface area (Å²) in [4.78, 5) is 12.2. The Bertz CT molecular complexity index is 510. The van der Waals surface area contributed by atoms with E-state index in [4.69, 9.17) is 0 Å². The minimum absolute atomic E-state index is 0.304. The molecular formula is C16H19FN2O. The van der Waals surface area contributed by atoms with E-state index in [9.17, 15) is 14.4 Å². The predicted molar refractivity (Wildman–Crippen MR) is 74.5 cm³/mol. The van der Waals surface area contributed by atoms with E-state index >= 15 is 0 Å². The quantitative estimate of drug-likeness (QED) is 0.918. The van der Waals surface area contributed by atoms with Gasteiger partial charge in [0, 0.05) is 5.56 Å². The number of amides is 1. The SMILES string of the molecule is CCC1CCC(C#N)(NC(=O)c2ccc(F)cc2)CC1. The average Bonchev–Trinajstić information content (AvgIpc) is 2.48. The third-order valence-electron chi connectivity index (χ3n) is 4.21. The van der Waals surface area contributed by atoms with Gasteiger partial charge in [0.1, 0.15) is 11.4 Å². The summed E-state index contributed by atoms with van der Waals surface area (Å²) in [5.74, 6) is -0.0271. The topological polar surface area (TPSA) is 52.9 Å². The second-order valence-electron chi connectivity index (χ2n) is 5.51. The standard InChI is InChI=1S/C16H19FN2O/c1-2-12-7-9-16(11-18,10-8-12)19-15(20)13-3-5-14(17)6-4-13/h3-6,12H,2,7-10H2,1H3,(H,19,20). The molecule has 1 aliphatic rings. The van der Waals surface area contributed by atoms with Crippen molar-refractivity contribution in [1.82, 2.24) is 5.32 Å². The van der Waals surface area contributed by atoms with Crippen molar-refractivity contribution < 1.29 is 9.18 Å². The maximum atomic E-state index is 12.8. The van der Waals surface area contributed by atoms with E-state index in [1.165, 1.54) is 24.3 Å². The van der Waals surface area contributed by atoms with Crippen LogP contribution in [0.3, 0.4) is 0 Å². The van der Waals surface area contributed by atoms with Crippen LogP contribution < -0.4 is 5.32 Å². The van der Waals surface area contributed by atoms with Crippen LogP contribution in [-0.2, 0) is 0 Å². The smallest absolute Gasteiger partial charge is 0.252 e. The summed E-state index contributed by atoms with van der Waals surface area (Å²) < 4.78 is 12.8. The fraction of sp³-hybridized carbons (Fsp3) is 0.500. The summed E-state index contributed by atoms with van der Waals surface area (Å²) in [5, 5.41) is 12.3. The highest BCUT2D eigenvalue weighted by molar-refractivity contribution is 5.94. The first kappa shape index (κ1) is 14.5. The number of hydrogen-bond acceptors (Lipinski definition) is 2. The first-order valence-corrected chi connectivity index (χ1v) is 7.08. The van der Waals surface area contributed by atoms with Crippen LogP contribution in [0.5, 0.6) is 0 Å². The number of carbonyl (C=O) groups excluding carboxylic acids is 1. The lowest BCUT2D eigenvalue weighted by atomic mass is 9.76. The predicted octanol–water partition coefficient (Wildman–Crippen LogP) is 3.42. The number of nitrogens with one attached hydrogen (secondary N) is 1. The summed E-state index contributed by atoms with van der Waals surface area (Å²) >= 11 is 0. The summed E-state index contributed by atoms with van der Waals surface area (Å²) in [7, 11) is 0. The molecule has 4 heteroatoms. The van der Waals surface area contributed by atoms with Crippen LogP contribution in [0.4, 0.5) is 4.39 Å². The van der Waals surface area contributed by atoms with Crippen LogP contribution in [0.15, 0.2) is 24.3 Å². The Balaban J connectivity index is 2.05. The Kier molecular flexibility index (Phi) is 4.39. The molecule has 1 aromatic carbocycles. The summed E-state index contributed by atoms with van der Waals surface area (Å²) in [6.07, 6.45) is 4.43. The van der Waals surface area contributed by atoms with E-state index in [2.05, 4.69) is 18.3 Å². The Labute approximate surface area is 118 Å². The van der Waals surface area contributed by atoms with Crippen molar-refractivity contribution in [1.29, 1.82) is 5.26 Å². The Morgan fingerprint density at radius 2 is 2.00 bits per heavy atom. The van der Waals surface area contributed by atoms with E-state index in [1.807, 2.05) is 0 Å². The molecule has 1 saturated carbocycles. The molecule has 0 saturated heterocycles. The first-order chi connectivity index (χ1) is 9.58. The Morgan fingerprint density at radius 1 is 1.40 bits per heavy atom. The van der Waals surface area contributed by atoms with Gasteiger partial charge in [0.2, 0.25) is 0 Å². The molecular weight excluding hydrogens is 255 g/mol. The molecule has 1 aromatic rings. The zero-order valence-electron chi connectivity index (χ0n) is 11.7. The third-order valence-corrected chi connectivity index (χ3v) is 4.21. The van der Waals surface area contributed by atoms with Crippen LogP contribution in [0, 0.1) is 23.1 Å². The van der Waals surface area contributed by atoms with E-state index < -0.39 is 5.54 Å². The fourth-order valence-corrected chi connectivity index (χ4v) is 2.73. The van der Waals surface area contributed by atoms with Crippen LogP contribution in [0.25, 0.3) is 0 Å². The molecule has 106 valence electrons. The van der Waals surface area contributed by atoms with Gasteiger partial charge in [-0.25, -0.2) is 4.39 Å². The van der Waals surface area contributed by atoms with Gasteiger partial charge in [-0.3, -0.25) is 4.79 Å². The van der Waals surface area contributed by atoms with E-state index in [-0.39, 0.29) is 11.7 Å². The lowest BCUT2D eigenvalue weighted by Crippen LogP contribution is -2.49. The third kappa shape index (κ3) is 3.16. The molecule has 0 aromatic heterocycles. The number of nitriles is 1. The zero-order chi connectivity index (χ0) is 14.6. The molecule has 0 aliphatic heterocycles. The molecule has 0 unspecified atom stereocenters. The van der Waals surface area contributed by atoms with Crippen LogP contribution >= 0.6 is 0 Å². The second kappa shape index (κ2) is 6.04. The molecule has 0 radical (unpaired) electrons. The Hall–Kier alpha value is -1.89. The molecule has 1 amide bonds. The fourth-order valence-electron chi connectivity index (χ4n) is 2.73. The second-order valence-corrected chi connectivity index (χ2v) is 5.51. The van der Waals surface area contributed by atoms with Crippen molar-refractivity contribution in [3.63, 3.8) is 0 Å². The highest BCUT2D eigenvalue weighted by atomic mass is 19.1. The lowest BCUT2D eigenvalue weighted by Gasteiger charge is -2.35. The van der Waals surface area contributed by atoms with Crippen molar-refractivity contribution in [3.8, 4) is 6.07 Å². The first-order valence-electron chi connectivity index (χ1n) is 7.08. The molecule has 1 aliphatic carbocycles. The average molecular weight is 274 g/mol. The number of carbonyl (C=O) groups is 1. The molecule has 20 heavy (non-hydrogen) atoms.